The second-order valence-electron chi connectivity index (χ2n) is 11.0. The zero-order valence-electron chi connectivity index (χ0n) is 25.8. The monoisotopic (exact) mass is 729 g/mol. The maximum atomic E-state index is 14.8. The number of aromatic nitrogens is 1. The molecule has 4 N–H and O–H groups in total. The first-order valence-corrected chi connectivity index (χ1v) is 15.2. The van der Waals surface area contributed by atoms with Crippen LogP contribution in [0, 0.1) is 5.92 Å². The molecule has 10 nitrogen and oxygen atoms in total. The molecule has 1 heterocycles. The van der Waals surface area contributed by atoms with Gasteiger partial charge in [-0.15, -0.1) is 0 Å². The van der Waals surface area contributed by atoms with Crippen LogP contribution >= 0.6 is 23.2 Å². The van der Waals surface area contributed by atoms with Crippen molar-refractivity contribution in [1.82, 2.24) is 26.3 Å². The number of amides is 4. The Bertz CT molecular complexity index is 1660. The van der Waals surface area contributed by atoms with Crippen molar-refractivity contribution in [2.75, 3.05) is 6.54 Å². The van der Waals surface area contributed by atoms with Gasteiger partial charge in [0.05, 0.1) is 16.1 Å². The summed E-state index contributed by atoms with van der Waals surface area (Å²) in [5, 5.41) is 8.48. The van der Waals surface area contributed by atoms with Crippen LogP contribution in [0.3, 0.4) is 0 Å². The second-order valence-corrected chi connectivity index (χ2v) is 11.8. The van der Waals surface area contributed by atoms with Gasteiger partial charge < -0.3 is 21.3 Å². The lowest BCUT2D eigenvalue weighted by Gasteiger charge is -2.28. The lowest BCUT2D eigenvalue weighted by molar-refractivity contribution is -0.165. The van der Waals surface area contributed by atoms with Crippen molar-refractivity contribution in [3.8, 4) is 0 Å². The number of rotatable bonds is 14. The summed E-state index contributed by atoms with van der Waals surface area (Å²) >= 11 is 12.1. The topological polar surface area (TPSA) is 146 Å². The third-order valence-electron chi connectivity index (χ3n) is 6.92. The summed E-state index contributed by atoms with van der Waals surface area (Å²) in [6.45, 7) is 0.391. The van der Waals surface area contributed by atoms with Gasteiger partial charge in [0.1, 0.15) is 24.3 Å². The maximum Gasteiger partial charge on any atom is 0.405 e. The average Bonchev–Trinajstić information content (AvgIpc) is 3.05. The van der Waals surface area contributed by atoms with Crippen molar-refractivity contribution in [2.45, 2.75) is 50.5 Å². The van der Waals surface area contributed by atoms with Crippen LogP contribution in [-0.2, 0) is 25.6 Å². The number of alkyl halides is 5. The lowest BCUT2D eigenvalue weighted by Crippen LogP contribution is -2.58. The number of hydrogen-bond acceptors (Lipinski definition) is 6. The summed E-state index contributed by atoms with van der Waals surface area (Å²) < 4.78 is 67.1. The van der Waals surface area contributed by atoms with E-state index in [9.17, 15) is 45.9 Å². The Labute approximate surface area is 287 Å². The van der Waals surface area contributed by atoms with E-state index >= 15 is 0 Å². The molecule has 0 saturated carbocycles. The molecule has 49 heavy (non-hydrogen) atoms. The highest BCUT2D eigenvalue weighted by molar-refractivity contribution is 6.42. The van der Waals surface area contributed by atoms with Gasteiger partial charge in [-0.05, 0) is 41.3 Å². The molecular formula is C32H30Cl2F5N5O5. The molecule has 3 aromatic rings. The number of benzene rings is 2. The SMILES string of the molecule is CC(C)[C@H](NC(=O)[C@@H](NC(=O)[C@H](Cc1ccc(Cl)c(Cl)c1)NC(=O)c1ccccn1)c1ccccc1)C(=O)C(F)(F)C(=O)NCC(F)(F)F. The summed E-state index contributed by atoms with van der Waals surface area (Å²) in [5.41, 5.74) is 0.542. The predicted octanol–water partition coefficient (Wildman–Crippen LogP) is 4.61. The number of Topliss-reactive ketones (excluding diaryl/α,β-unsaturated/α-hetero) is 1. The highest BCUT2D eigenvalue weighted by Crippen LogP contribution is 2.25. The summed E-state index contributed by atoms with van der Waals surface area (Å²) in [5.74, 6) is -13.6. The largest absolute Gasteiger partial charge is 0.405 e. The summed E-state index contributed by atoms with van der Waals surface area (Å²) in [7, 11) is 0. The van der Waals surface area contributed by atoms with Gasteiger partial charge in [0, 0.05) is 12.6 Å². The van der Waals surface area contributed by atoms with Gasteiger partial charge in [0.15, 0.2) is 0 Å². The van der Waals surface area contributed by atoms with Crippen molar-refractivity contribution in [3.63, 3.8) is 0 Å². The van der Waals surface area contributed by atoms with Crippen LogP contribution in [0.1, 0.15) is 41.5 Å². The molecule has 1 aromatic heterocycles. The minimum Gasteiger partial charge on any atom is -0.344 e. The second kappa shape index (κ2) is 16.7. The van der Waals surface area contributed by atoms with Gasteiger partial charge in [-0.2, -0.15) is 22.0 Å². The summed E-state index contributed by atoms with van der Waals surface area (Å²) in [6, 6.07) is 11.3. The van der Waals surface area contributed by atoms with E-state index in [-0.39, 0.29) is 27.7 Å². The van der Waals surface area contributed by atoms with E-state index in [2.05, 4.69) is 20.9 Å². The molecule has 0 aliphatic rings. The number of pyridine rings is 1. The Morgan fingerprint density at radius 3 is 2.02 bits per heavy atom. The number of ketones is 1. The van der Waals surface area contributed by atoms with E-state index < -0.39 is 72.1 Å². The minimum atomic E-state index is -5.03. The first-order chi connectivity index (χ1) is 22.9. The highest BCUT2D eigenvalue weighted by Gasteiger charge is 2.52. The molecule has 17 heteroatoms. The van der Waals surface area contributed by atoms with Crippen molar-refractivity contribution in [3.05, 3.63) is 99.8 Å². The first-order valence-electron chi connectivity index (χ1n) is 14.5. The highest BCUT2D eigenvalue weighted by atomic mass is 35.5. The molecule has 0 aliphatic carbocycles. The molecule has 0 unspecified atom stereocenters. The quantitative estimate of drug-likeness (QED) is 0.141. The van der Waals surface area contributed by atoms with Crippen LogP contribution in [0.15, 0.2) is 72.9 Å². The Balaban J connectivity index is 1.92. The Morgan fingerprint density at radius 1 is 0.796 bits per heavy atom. The molecule has 4 amide bonds. The number of halogens is 7. The van der Waals surface area contributed by atoms with Crippen LogP contribution in [0.2, 0.25) is 10.0 Å². The van der Waals surface area contributed by atoms with E-state index in [1.165, 1.54) is 62.5 Å². The fourth-order valence-electron chi connectivity index (χ4n) is 4.40. The molecule has 0 saturated heterocycles. The van der Waals surface area contributed by atoms with Crippen molar-refractivity contribution >= 4 is 52.6 Å². The first kappa shape index (κ1) is 38.8. The molecule has 0 fully saturated rings. The molecule has 3 rings (SSSR count). The van der Waals surface area contributed by atoms with Crippen molar-refractivity contribution in [1.29, 1.82) is 0 Å². The van der Waals surface area contributed by atoms with Crippen molar-refractivity contribution in [2.24, 2.45) is 5.92 Å². The van der Waals surface area contributed by atoms with Gasteiger partial charge in [-0.25, -0.2) is 0 Å². The maximum absolute atomic E-state index is 14.8. The smallest absolute Gasteiger partial charge is 0.344 e. The zero-order valence-corrected chi connectivity index (χ0v) is 27.3. The number of hydrogen-bond donors (Lipinski definition) is 4. The standard InChI is InChI=1S/C32H30Cl2F5N5O5/c1-17(2)24(26(45)32(38,39)30(49)41-16-31(35,36)37)43-29(48)25(19-8-4-3-5-9-19)44-28(47)23(15-18-11-12-20(33)21(34)14-18)42-27(46)22-10-6-7-13-40-22/h3-14,17,23-25H,15-16H2,1-2H3,(H,41,49)(H,42,46)(H,43,48)(H,44,47)/t23-,24-,25-/m0/s1. The van der Waals surface area contributed by atoms with Gasteiger partial charge in [-0.3, -0.25) is 29.0 Å². The molecule has 3 atom stereocenters. The number of carbonyl (C=O) groups is 5. The predicted molar refractivity (Wildman–Crippen MR) is 169 cm³/mol. The molecule has 262 valence electrons. The third kappa shape index (κ3) is 10.9. The fraction of sp³-hybridized carbons (Fsp3) is 0.312. The summed E-state index contributed by atoms with van der Waals surface area (Å²) in [4.78, 5) is 69.2. The lowest BCUT2D eigenvalue weighted by atomic mass is 9.94. The Hall–Kier alpha value is -4.63. The number of nitrogens with zero attached hydrogens (tertiary/aromatic N) is 1. The van der Waals surface area contributed by atoms with Crippen LogP contribution < -0.4 is 21.3 Å². The molecule has 0 spiro atoms. The minimum absolute atomic E-state index is 0.0368. The molecular weight excluding hydrogens is 700 g/mol. The van der Waals surface area contributed by atoms with Crippen LogP contribution in [0.4, 0.5) is 22.0 Å². The van der Waals surface area contributed by atoms with E-state index in [0.717, 1.165) is 5.32 Å². The van der Waals surface area contributed by atoms with E-state index in [4.69, 9.17) is 23.2 Å². The fourth-order valence-corrected chi connectivity index (χ4v) is 4.72. The number of nitrogens with one attached hydrogen (secondary N) is 4. The van der Waals surface area contributed by atoms with Crippen LogP contribution in [0.5, 0.6) is 0 Å². The van der Waals surface area contributed by atoms with E-state index in [1.54, 1.807) is 24.3 Å². The Morgan fingerprint density at radius 2 is 1.45 bits per heavy atom. The Kier molecular flexibility index (Phi) is 13.2. The van der Waals surface area contributed by atoms with Gasteiger partial charge >= 0.3 is 12.1 Å². The van der Waals surface area contributed by atoms with Gasteiger partial charge in [-0.1, -0.05) is 79.5 Å². The zero-order chi connectivity index (χ0) is 36.5. The van der Waals surface area contributed by atoms with Crippen LogP contribution in [0.25, 0.3) is 0 Å². The van der Waals surface area contributed by atoms with E-state index in [1.807, 2.05) is 0 Å². The van der Waals surface area contributed by atoms with Gasteiger partial charge in [0.2, 0.25) is 17.6 Å². The molecule has 0 bridgehead atoms. The summed E-state index contributed by atoms with van der Waals surface area (Å²) in [6.07, 6.45) is -3.85. The average molecular weight is 731 g/mol. The van der Waals surface area contributed by atoms with Gasteiger partial charge in [0.25, 0.3) is 11.8 Å². The molecule has 0 aliphatic heterocycles. The third-order valence-corrected chi connectivity index (χ3v) is 7.65. The van der Waals surface area contributed by atoms with Crippen molar-refractivity contribution < 1.29 is 45.9 Å². The normalized spacial score (nSPS) is 13.5. The molecule has 0 radical (unpaired) electrons. The van der Waals surface area contributed by atoms with E-state index in [0.29, 0.717) is 5.56 Å². The van der Waals surface area contributed by atoms with Crippen LogP contribution in [-0.4, -0.2) is 65.1 Å². The number of carbonyl (C=O) groups excluding carboxylic acids is 5. The molecule has 2 aromatic carbocycles.